The van der Waals surface area contributed by atoms with Gasteiger partial charge in [-0.05, 0) is 18.8 Å². The summed E-state index contributed by atoms with van der Waals surface area (Å²) in [5.41, 5.74) is 2.46. The summed E-state index contributed by atoms with van der Waals surface area (Å²) in [6.07, 6.45) is 4.87. The van der Waals surface area contributed by atoms with Crippen molar-refractivity contribution in [3.05, 3.63) is 71.8 Å². The topological polar surface area (TPSA) is 45.7 Å². The number of nitrogens with two attached hydrogens (primary N) is 1. The predicted molar refractivity (Wildman–Crippen MR) is 101 cm³/mol. The third-order valence-electron chi connectivity index (χ3n) is 5.31. The molecule has 3 nitrogen and oxygen atoms in total. The number of nitrogens with one attached hydrogen (secondary N) is 1. The van der Waals surface area contributed by atoms with Crippen LogP contribution in [0.5, 0.6) is 0 Å². The normalized spacial score (nSPS) is 20.4. The SMILES string of the molecule is C[C@@H]1CCCC[C@@H]1NC(=O)C[NH2+]C(c1ccccc1)c1ccccc1. The Morgan fingerprint density at radius 3 is 2.12 bits per heavy atom. The van der Waals surface area contributed by atoms with Crippen LogP contribution >= 0.6 is 0 Å². The molecule has 3 rings (SSSR count). The zero-order chi connectivity index (χ0) is 17.5. The minimum Gasteiger partial charge on any atom is -0.348 e. The van der Waals surface area contributed by atoms with E-state index < -0.39 is 0 Å². The lowest BCUT2D eigenvalue weighted by atomic mass is 9.86. The fourth-order valence-electron chi connectivity index (χ4n) is 3.81. The first kappa shape index (κ1) is 17.7. The van der Waals surface area contributed by atoms with Crippen molar-refractivity contribution >= 4 is 5.91 Å². The van der Waals surface area contributed by atoms with E-state index in [9.17, 15) is 4.79 Å². The van der Waals surface area contributed by atoms with Crippen molar-refractivity contribution < 1.29 is 10.1 Å². The lowest BCUT2D eigenvalue weighted by molar-refractivity contribution is -0.676. The van der Waals surface area contributed by atoms with Crippen molar-refractivity contribution in [2.75, 3.05) is 6.54 Å². The van der Waals surface area contributed by atoms with Crippen LogP contribution in [0.2, 0.25) is 0 Å². The van der Waals surface area contributed by atoms with Crippen molar-refractivity contribution in [2.24, 2.45) is 5.92 Å². The highest BCUT2D eigenvalue weighted by atomic mass is 16.2. The van der Waals surface area contributed by atoms with Gasteiger partial charge in [-0.2, -0.15) is 0 Å². The van der Waals surface area contributed by atoms with Gasteiger partial charge in [0.15, 0.2) is 6.54 Å². The molecule has 1 amide bonds. The molecule has 2 aromatic carbocycles. The van der Waals surface area contributed by atoms with Crippen molar-refractivity contribution in [2.45, 2.75) is 44.7 Å². The molecular weight excluding hydrogens is 308 g/mol. The van der Waals surface area contributed by atoms with Gasteiger partial charge in [-0.15, -0.1) is 0 Å². The molecule has 0 radical (unpaired) electrons. The largest absolute Gasteiger partial charge is 0.348 e. The van der Waals surface area contributed by atoms with Gasteiger partial charge in [-0.3, -0.25) is 4.79 Å². The molecule has 132 valence electrons. The Labute approximate surface area is 150 Å². The second-order valence-corrected chi connectivity index (χ2v) is 7.17. The molecule has 3 heteroatoms. The second kappa shape index (κ2) is 8.82. The lowest BCUT2D eigenvalue weighted by Crippen LogP contribution is -2.88. The molecule has 1 aliphatic rings. The number of carbonyl (C=O) groups is 1. The molecule has 25 heavy (non-hydrogen) atoms. The molecule has 1 aliphatic carbocycles. The number of rotatable bonds is 6. The molecule has 0 unspecified atom stereocenters. The van der Waals surface area contributed by atoms with Gasteiger partial charge in [0.05, 0.1) is 0 Å². The van der Waals surface area contributed by atoms with Gasteiger partial charge in [-0.25, -0.2) is 0 Å². The van der Waals surface area contributed by atoms with Gasteiger partial charge >= 0.3 is 0 Å². The average Bonchev–Trinajstić information content (AvgIpc) is 2.66. The molecule has 3 N–H and O–H groups in total. The predicted octanol–water partition coefficient (Wildman–Crippen LogP) is 3.03. The van der Waals surface area contributed by atoms with Crippen LogP contribution < -0.4 is 10.6 Å². The van der Waals surface area contributed by atoms with Crippen molar-refractivity contribution in [1.82, 2.24) is 5.32 Å². The first-order chi connectivity index (χ1) is 12.2. The molecule has 1 fully saturated rings. The summed E-state index contributed by atoms with van der Waals surface area (Å²) in [6.45, 7) is 2.71. The number of hydrogen-bond donors (Lipinski definition) is 2. The second-order valence-electron chi connectivity index (χ2n) is 7.17. The van der Waals surface area contributed by atoms with Gasteiger partial charge < -0.3 is 10.6 Å². The number of hydrogen-bond acceptors (Lipinski definition) is 1. The van der Waals surface area contributed by atoms with Crippen LogP contribution in [-0.4, -0.2) is 18.5 Å². The first-order valence-corrected chi connectivity index (χ1v) is 9.46. The standard InChI is InChI=1S/C22H28N2O/c1-17-10-8-9-15-20(17)24-21(25)16-23-22(18-11-4-2-5-12-18)19-13-6-3-7-14-19/h2-7,11-14,17,20,22-23H,8-10,15-16H2,1H3,(H,24,25)/p+1/t17-,20+/m1/s1. The Balaban J connectivity index is 1.64. The summed E-state index contributed by atoms with van der Waals surface area (Å²) in [6, 6.07) is 21.3. The smallest absolute Gasteiger partial charge is 0.275 e. The van der Waals surface area contributed by atoms with Crippen molar-refractivity contribution in [1.29, 1.82) is 0 Å². The molecule has 0 aromatic heterocycles. The molecule has 0 spiro atoms. The third-order valence-corrected chi connectivity index (χ3v) is 5.31. The van der Waals surface area contributed by atoms with Crippen LogP contribution in [0.1, 0.15) is 49.8 Å². The van der Waals surface area contributed by atoms with E-state index in [0.717, 1.165) is 6.42 Å². The van der Waals surface area contributed by atoms with E-state index in [4.69, 9.17) is 0 Å². The van der Waals surface area contributed by atoms with Crippen LogP contribution in [0.25, 0.3) is 0 Å². The quantitative estimate of drug-likeness (QED) is 0.836. The van der Waals surface area contributed by atoms with Gasteiger partial charge in [0, 0.05) is 17.2 Å². The Morgan fingerprint density at radius 1 is 1.00 bits per heavy atom. The van der Waals surface area contributed by atoms with Crippen LogP contribution in [0, 0.1) is 5.92 Å². The van der Waals surface area contributed by atoms with Crippen LogP contribution in [0.4, 0.5) is 0 Å². The van der Waals surface area contributed by atoms with Crippen molar-refractivity contribution in [3.63, 3.8) is 0 Å². The molecule has 0 bridgehead atoms. The first-order valence-electron chi connectivity index (χ1n) is 9.46. The van der Waals surface area contributed by atoms with Crippen molar-refractivity contribution in [3.8, 4) is 0 Å². The van der Waals surface area contributed by atoms with Gasteiger partial charge in [0.2, 0.25) is 0 Å². The van der Waals surface area contributed by atoms with E-state index in [2.05, 4.69) is 66.1 Å². The minimum atomic E-state index is 0.149. The summed E-state index contributed by atoms with van der Waals surface area (Å²) in [4.78, 5) is 12.5. The average molecular weight is 337 g/mol. The van der Waals surface area contributed by atoms with E-state index in [1.807, 2.05) is 12.1 Å². The maximum Gasteiger partial charge on any atom is 0.275 e. The highest BCUT2D eigenvalue weighted by Crippen LogP contribution is 2.23. The number of carbonyl (C=O) groups excluding carboxylic acids is 1. The van der Waals surface area contributed by atoms with E-state index in [1.165, 1.54) is 30.4 Å². The summed E-state index contributed by atoms with van der Waals surface area (Å²) in [5.74, 6) is 0.743. The zero-order valence-electron chi connectivity index (χ0n) is 15.0. The summed E-state index contributed by atoms with van der Waals surface area (Å²) < 4.78 is 0. The van der Waals surface area contributed by atoms with E-state index in [0.29, 0.717) is 18.5 Å². The van der Waals surface area contributed by atoms with Crippen LogP contribution in [0.3, 0.4) is 0 Å². The van der Waals surface area contributed by atoms with E-state index in [1.54, 1.807) is 0 Å². The van der Waals surface area contributed by atoms with Crippen LogP contribution in [0.15, 0.2) is 60.7 Å². The zero-order valence-corrected chi connectivity index (χ0v) is 15.0. The molecule has 2 aromatic rings. The molecular formula is C22H29N2O+. The highest BCUT2D eigenvalue weighted by Gasteiger charge is 2.24. The number of benzene rings is 2. The monoisotopic (exact) mass is 337 g/mol. The Morgan fingerprint density at radius 2 is 1.56 bits per heavy atom. The highest BCUT2D eigenvalue weighted by molar-refractivity contribution is 5.77. The summed E-state index contributed by atoms with van der Waals surface area (Å²) >= 11 is 0. The lowest BCUT2D eigenvalue weighted by Gasteiger charge is -2.29. The van der Waals surface area contributed by atoms with Crippen LogP contribution in [-0.2, 0) is 4.79 Å². The fraction of sp³-hybridized carbons (Fsp3) is 0.409. The molecule has 0 heterocycles. The number of amides is 1. The van der Waals surface area contributed by atoms with Gasteiger partial charge in [0.1, 0.15) is 6.04 Å². The maximum absolute atomic E-state index is 12.5. The maximum atomic E-state index is 12.5. The molecule has 2 atom stereocenters. The Bertz CT molecular complexity index is 617. The van der Waals surface area contributed by atoms with Gasteiger partial charge in [-0.1, -0.05) is 80.4 Å². The molecule has 0 saturated heterocycles. The number of quaternary nitrogens is 1. The summed E-state index contributed by atoms with van der Waals surface area (Å²) in [5, 5.41) is 5.40. The van der Waals surface area contributed by atoms with Gasteiger partial charge in [0.25, 0.3) is 5.91 Å². The Hall–Kier alpha value is -2.13. The van der Waals surface area contributed by atoms with E-state index in [-0.39, 0.29) is 11.9 Å². The molecule has 1 saturated carbocycles. The summed E-state index contributed by atoms with van der Waals surface area (Å²) in [7, 11) is 0. The third kappa shape index (κ3) is 4.93. The molecule has 0 aliphatic heterocycles. The fourth-order valence-corrected chi connectivity index (χ4v) is 3.81. The Kier molecular flexibility index (Phi) is 6.24. The minimum absolute atomic E-state index is 0.149. The van der Waals surface area contributed by atoms with E-state index >= 15 is 0 Å².